The highest BCUT2D eigenvalue weighted by Crippen LogP contribution is 2.59. The number of carbonyl (C=O) groups is 1. The first-order valence-electron chi connectivity index (χ1n) is 14.6. The Labute approximate surface area is 243 Å². The largest absolute Gasteiger partial charge is 0.503 e. The molecule has 5 rings (SSSR count). The van der Waals surface area contributed by atoms with Gasteiger partial charge in [0.25, 0.3) is 0 Å². The molecule has 1 saturated heterocycles. The van der Waals surface area contributed by atoms with E-state index in [0.29, 0.717) is 17.1 Å². The number of nitrogens with zero attached hydrogens (tertiary/aromatic N) is 1. The second-order valence-corrected chi connectivity index (χ2v) is 13.8. The molecule has 1 spiro atoms. The molecule has 41 heavy (non-hydrogen) atoms. The normalized spacial score (nSPS) is 18.3. The average molecular weight is 559 g/mol. The fourth-order valence-electron chi connectivity index (χ4n) is 6.54. The van der Waals surface area contributed by atoms with Gasteiger partial charge in [0.1, 0.15) is 0 Å². The molecule has 3 aromatic carbocycles. The van der Waals surface area contributed by atoms with Crippen molar-refractivity contribution < 1.29 is 14.3 Å². The second-order valence-electron chi connectivity index (χ2n) is 13.8. The Hall–Kier alpha value is -3.58. The van der Waals surface area contributed by atoms with Crippen molar-refractivity contribution >= 4 is 28.8 Å². The zero-order valence-electron chi connectivity index (χ0n) is 25.1. The van der Waals surface area contributed by atoms with Crippen LogP contribution in [0.1, 0.15) is 71.9 Å². The lowest BCUT2D eigenvalue weighted by Crippen LogP contribution is -2.50. The number of anilines is 4. The third kappa shape index (κ3) is 5.65. The molecule has 0 aliphatic carbocycles. The predicted octanol–water partition coefficient (Wildman–Crippen LogP) is 8.05. The Bertz CT molecular complexity index is 1420. The van der Waals surface area contributed by atoms with Crippen molar-refractivity contribution in [3.05, 3.63) is 77.6 Å². The maximum Gasteiger partial charge on any atom is 0.323 e. The van der Waals surface area contributed by atoms with E-state index < -0.39 is 5.82 Å². The Morgan fingerprint density at radius 3 is 2.27 bits per heavy atom. The lowest BCUT2D eigenvalue weighted by Gasteiger charge is -2.45. The van der Waals surface area contributed by atoms with Gasteiger partial charge in [-0.2, -0.15) is 0 Å². The van der Waals surface area contributed by atoms with Gasteiger partial charge in [-0.25, -0.2) is 9.18 Å². The number of hydrogen-bond acceptors (Lipinski definition) is 4. The number of nitrogens with one attached hydrogen (secondary N) is 3. The zero-order chi connectivity index (χ0) is 29.6. The Morgan fingerprint density at radius 1 is 0.976 bits per heavy atom. The van der Waals surface area contributed by atoms with Crippen molar-refractivity contribution in [2.75, 3.05) is 28.6 Å². The number of urea groups is 1. The highest BCUT2D eigenvalue weighted by Gasteiger charge is 2.54. The van der Waals surface area contributed by atoms with Gasteiger partial charge in [0.15, 0.2) is 11.6 Å². The number of rotatable bonds is 4. The van der Waals surface area contributed by atoms with E-state index in [1.165, 1.54) is 11.6 Å². The highest BCUT2D eigenvalue weighted by molar-refractivity contribution is 6.02. The Kier molecular flexibility index (Phi) is 7.53. The van der Waals surface area contributed by atoms with Gasteiger partial charge in [-0.15, -0.1) is 0 Å². The monoisotopic (exact) mass is 558 g/mol. The molecular formula is C34H43FN4O2. The molecule has 218 valence electrons. The van der Waals surface area contributed by atoms with E-state index in [4.69, 9.17) is 0 Å². The molecular weight excluding hydrogens is 515 g/mol. The van der Waals surface area contributed by atoms with Gasteiger partial charge in [0.05, 0.1) is 17.1 Å². The van der Waals surface area contributed by atoms with Crippen LogP contribution in [0, 0.1) is 11.2 Å². The van der Waals surface area contributed by atoms with Crippen molar-refractivity contribution in [2.24, 2.45) is 5.41 Å². The first kappa shape index (κ1) is 28.9. The SMILES string of the molecule is CC(C)(C)CC1N(c2ccccc2NC(=O)Nc2ccc(C(C)(C)C)cc2)c2c(ccc(F)c2O)C12CCNCC2. The van der Waals surface area contributed by atoms with Crippen LogP contribution in [-0.4, -0.2) is 30.3 Å². The summed E-state index contributed by atoms with van der Waals surface area (Å²) in [5.74, 6) is -0.980. The summed E-state index contributed by atoms with van der Waals surface area (Å²) < 4.78 is 15.0. The van der Waals surface area contributed by atoms with Gasteiger partial charge in [-0.05, 0) is 84.6 Å². The van der Waals surface area contributed by atoms with E-state index >= 15 is 0 Å². The van der Waals surface area contributed by atoms with Crippen LogP contribution in [0.15, 0.2) is 60.7 Å². The summed E-state index contributed by atoms with van der Waals surface area (Å²) in [7, 11) is 0. The van der Waals surface area contributed by atoms with Crippen LogP contribution < -0.4 is 20.9 Å². The fourth-order valence-corrected chi connectivity index (χ4v) is 6.54. The van der Waals surface area contributed by atoms with Crippen molar-refractivity contribution in [3.63, 3.8) is 0 Å². The number of benzene rings is 3. The Morgan fingerprint density at radius 2 is 1.63 bits per heavy atom. The number of fused-ring (bicyclic) bond motifs is 2. The number of para-hydroxylation sites is 2. The summed E-state index contributed by atoms with van der Waals surface area (Å²) in [4.78, 5) is 15.3. The summed E-state index contributed by atoms with van der Waals surface area (Å²) >= 11 is 0. The average Bonchev–Trinajstić information content (AvgIpc) is 3.14. The minimum absolute atomic E-state index is 0.0200. The van der Waals surface area contributed by atoms with Crippen LogP contribution in [0.5, 0.6) is 5.75 Å². The van der Waals surface area contributed by atoms with E-state index in [9.17, 15) is 14.3 Å². The van der Waals surface area contributed by atoms with Gasteiger partial charge in [-0.1, -0.05) is 71.9 Å². The van der Waals surface area contributed by atoms with E-state index in [0.717, 1.165) is 43.6 Å². The molecule has 2 amide bonds. The van der Waals surface area contributed by atoms with Crippen LogP contribution >= 0.6 is 0 Å². The van der Waals surface area contributed by atoms with E-state index in [2.05, 4.69) is 62.4 Å². The quantitative estimate of drug-likeness (QED) is 0.261. The number of phenols is 1. The number of piperidine rings is 1. The van der Waals surface area contributed by atoms with Gasteiger partial charge in [0.2, 0.25) is 0 Å². The number of phenolic OH excluding ortho intramolecular Hbond substituents is 1. The standard InChI is InChI=1S/C34H43FN4O2/c1-32(2,3)21-28-34(17-19-36-20-18-34)24-15-16-25(35)30(40)29(24)39(28)27-10-8-7-9-26(27)38-31(41)37-23-13-11-22(12-14-23)33(4,5)6/h7-16,28,36,40H,17-21H2,1-6H3,(H2,37,38,41). The van der Waals surface area contributed by atoms with Crippen molar-refractivity contribution in [2.45, 2.75) is 77.7 Å². The van der Waals surface area contributed by atoms with E-state index in [1.54, 1.807) is 0 Å². The molecule has 0 radical (unpaired) electrons. The van der Waals surface area contributed by atoms with Crippen LogP contribution in [0.2, 0.25) is 0 Å². The molecule has 6 nitrogen and oxygen atoms in total. The minimum Gasteiger partial charge on any atom is -0.503 e. The molecule has 2 aliphatic rings. The number of hydrogen-bond donors (Lipinski definition) is 4. The molecule has 2 heterocycles. The lowest BCUT2D eigenvalue weighted by atomic mass is 9.66. The molecule has 0 aromatic heterocycles. The number of halogens is 1. The number of carbonyl (C=O) groups excluding carboxylic acids is 1. The molecule has 4 N–H and O–H groups in total. The number of amides is 2. The van der Waals surface area contributed by atoms with E-state index in [1.807, 2.05) is 54.6 Å². The van der Waals surface area contributed by atoms with Crippen molar-refractivity contribution in [1.29, 1.82) is 0 Å². The third-order valence-electron chi connectivity index (χ3n) is 8.55. The van der Waals surface area contributed by atoms with Crippen LogP contribution in [0.3, 0.4) is 0 Å². The summed E-state index contributed by atoms with van der Waals surface area (Å²) in [5, 5.41) is 20.7. The Balaban J connectivity index is 1.54. The van der Waals surface area contributed by atoms with Crippen molar-refractivity contribution in [1.82, 2.24) is 5.32 Å². The maximum absolute atomic E-state index is 15.0. The van der Waals surface area contributed by atoms with Gasteiger partial charge < -0.3 is 26.0 Å². The summed E-state index contributed by atoms with van der Waals surface area (Å²) in [6.45, 7) is 14.8. The second kappa shape index (κ2) is 10.7. The molecule has 1 fully saturated rings. The highest BCUT2D eigenvalue weighted by atomic mass is 19.1. The molecule has 0 bridgehead atoms. The molecule has 2 aliphatic heterocycles. The van der Waals surface area contributed by atoms with Crippen molar-refractivity contribution in [3.8, 4) is 5.75 Å². The topological polar surface area (TPSA) is 76.6 Å². The van der Waals surface area contributed by atoms with Crippen LogP contribution in [0.25, 0.3) is 0 Å². The maximum atomic E-state index is 15.0. The van der Waals surface area contributed by atoms with Gasteiger partial charge in [-0.3, -0.25) is 0 Å². The van der Waals surface area contributed by atoms with Gasteiger partial charge >= 0.3 is 6.03 Å². The molecule has 7 heteroatoms. The third-order valence-corrected chi connectivity index (χ3v) is 8.55. The zero-order valence-corrected chi connectivity index (χ0v) is 25.1. The smallest absolute Gasteiger partial charge is 0.323 e. The molecule has 0 saturated carbocycles. The van der Waals surface area contributed by atoms with Crippen LogP contribution in [-0.2, 0) is 10.8 Å². The summed E-state index contributed by atoms with van der Waals surface area (Å²) in [6.07, 6.45) is 2.58. The van der Waals surface area contributed by atoms with E-state index in [-0.39, 0.29) is 34.1 Å². The molecule has 1 atom stereocenters. The summed E-state index contributed by atoms with van der Waals surface area (Å²) in [5.41, 5.74) is 4.42. The van der Waals surface area contributed by atoms with Gasteiger partial charge in [0, 0.05) is 17.1 Å². The fraction of sp³-hybridized carbons (Fsp3) is 0.441. The van der Waals surface area contributed by atoms with Crippen LogP contribution in [0.4, 0.5) is 31.9 Å². The predicted molar refractivity (Wildman–Crippen MR) is 166 cm³/mol. The number of aromatic hydroxyl groups is 1. The molecule has 3 aromatic rings. The first-order chi connectivity index (χ1) is 19.3. The molecule has 1 unspecified atom stereocenters. The lowest BCUT2D eigenvalue weighted by molar-refractivity contribution is 0.216. The first-order valence-corrected chi connectivity index (χ1v) is 14.6. The summed E-state index contributed by atoms with van der Waals surface area (Å²) in [6, 6.07) is 18.3. The minimum atomic E-state index is -0.642.